The molecule has 198 valence electrons. The average molecular weight is 516 g/mol. The maximum Gasteiger partial charge on any atom is 0.408 e. The molecule has 0 aliphatic rings. The first-order chi connectivity index (χ1) is 16.1. The summed E-state index contributed by atoms with van der Waals surface area (Å²) in [6.07, 6.45) is -1.02. The third kappa shape index (κ3) is 8.88. The summed E-state index contributed by atoms with van der Waals surface area (Å²) in [6.45, 7) is 8.16. The number of aliphatic hydroxyl groups is 1. The Labute approximate surface area is 206 Å². The summed E-state index contributed by atoms with van der Waals surface area (Å²) in [7, 11) is -5.36. The van der Waals surface area contributed by atoms with Crippen molar-refractivity contribution in [3.63, 3.8) is 0 Å². The first-order valence-corrected chi connectivity index (χ1v) is 12.8. The van der Waals surface area contributed by atoms with Gasteiger partial charge in [-0.3, -0.25) is 14.1 Å². The van der Waals surface area contributed by atoms with E-state index in [1.807, 2.05) is 6.07 Å². The van der Waals surface area contributed by atoms with Crippen molar-refractivity contribution in [2.24, 2.45) is 17.6 Å². The van der Waals surface area contributed by atoms with Gasteiger partial charge in [0.2, 0.25) is 11.7 Å². The number of alkyl carbamates (subject to hydrolysis) is 1. The lowest BCUT2D eigenvalue weighted by molar-refractivity contribution is -0.137. The maximum atomic E-state index is 13.2. The fourth-order valence-electron chi connectivity index (χ4n) is 3.43. The molecule has 0 aliphatic carbocycles. The summed E-state index contributed by atoms with van der Waals surface area (Å²) in [5.41, 5.74) is 6.59. The molecule has 1 rings (SSSR count). The summed E-state index contributed by atoms with van der Waals surface area (Å²) >= 11 is 0. The predicted molar refractivity (Wildman–Crippen MR) is 130 cm³/mol. The van der Waals surface area contributed by atoms with Crippen LogP contribution in [0.3, 0.4) is 0 Å². The minimum atomic E-state index is -5.36. The van der Waals surface area contributed by atoms with Gasteiger partial charge in [0.25, 0.3) is 4.93 Å². The van der Waals surface area contributed by atoms with Gasteiger partial charge < -0.3 is 26.2 Å². The molecular weight excluding hydrogens is 478 g/mol. The molecule has 0 saturated heterocycles. The molecule has 0 bridgehead atoms. The SMILES string of the molecule is CC(C)CC(N)C(O)(C(=O)[C@H](CC(C)C)NC(=O)[C@H](C)NC(=O)OCc1ccccc1)S(=O)(=O)O. The molecule has 0 spiro atoms. The van der Waals surface area contributed by atoms with Crippen molar-refractivity contribution in [2.75, 3.05) is 0 Å². The van der Waals surface area contributed by atoms with E-state index in [1.165, 1.54) is 6.92 Å². The molecule has 2 amide bonds. The fourth-order valence-corrected chi connectivity index (χ4v) is 4.30. The number of Topliss-reactive ketones (excluding diaryl/α,β-unsaturated/α-hetero) is 1. The summed E-state index contributed by atoms with van der Waals surface area (Å²) in [4.78, 5) is 34.7. The van der Waals surface area contributed by atoms with E-state index in [-0.39, 0.29) is 31.3 Å². The van der Waals surface area contributed by atoms with E-state index in [9.17, 15) is 32.5 Å². The third-order valence-electron chi connectivity index (χ3n) is 5.25. The summed E-state index contributed by atoms with van der Waals surface area (Å²) in [6, 6.07) is 4.57. The maximum absolute atomic E-state index is 13.2. The number of hydrogen-bond acceptors (Lipinski definition) is 8. The van der Waals surface area contributed by atoms with Crippen molar-refractivity contribution in [1.29, 1.82) is 0 Å². The number of rotatable bonds is 13. The minimum absolute atomic E-state index is 0.0232. The largest absolute Gasteiger partial charge is 0.445 e. The number of nitrogens with one attached hydrogen (secondary N) is 2. The van der Waals surface area contributed by atoms with Gasteiger partial charge in [0.05, 0.1) is 12.1 Å². The smallest absolute Gasteiger partial charge is 0.408 e. The van der Waals surface area contributed by atoms with Gasteiger partial charge in [-0.1, -0.05) is 58.0 Å². The Morgan fingerprint density at radius 1 is 1.00 bits per heavy atom. The van der Waals surface area contributed by atoms with Crippen LogP contribution in [0.4, 0.5) is 4.79 Å². The highest BCUT2D eigenvalue weighted by molar-refractivity contribution is 7.88. The molecule has 0 saturated carbocycles. The lowest BCUT2D eigenvalue weighted by atomic mass is 9.90. The highest BCUT2D eigenvalue weighted by Crippen LogP contribution is 2.26. The molecule has 6 N–H and O–H groups in total. The lowest BCUT2D eigenvalue weighted by Crippen LogP contribution is -2.65. The van der Waals surface area contributed by atoms with Gasteiger partial charge in [-0.05, 0) is 37.2 Å². The van der Waals surface area contributed by atoms with Crippen molar-refractivity contribution in [1.82, 2.24) is 10.6 Å². The molecule has 4 atom stereocenters. The molecule has 0 aliphatic heterocycles. The van der Waals surface area contributed by atoms with Crippen molar-refractivity contribution >= 4 is 27.9 Å². The Morgan fingerprint density at radius 2 is 1.54 bits per heavy atom. The molecule has 0 heterocycles. The van der Waals surface area contributed by atoms with Gasteiger partial charge in [0.1, 0.15) is 12.6 Å². The normalized spacial score (nSPS) is 16.2. The minimum Gasteiger partial charge on any atom is -0.445 e. The van der Waals surface area contributed by atoms with Crippen LogP contribution in [0.5, 0.6) is 0 Å². The Balaban J connectivity index is 2.99. The summed E-state index contributed by atoms with van der Waals surface area (Å²) < 4.78 is 39.0. The fraction of sp³-hybridized carbons (Fsp3) is 0.609. The summed E-state index contributed by atoms with van der Waals surface area (Å²) in [5.74, 6) is -2.59. The van der Waals surface area contributed by atoms with Crippen molar-refractivity contribution < 1.29 is 37.2 Å². The number of benzene rings is 1. The monoisotopic (exact) mass is 515 g/mol. The first-order valence-electron chi connectivity index (χ1n) is 11.4. The topological polar surface area (TPSA) is 185 Å². The predicted octanol–water partition coefficient (Wildman–Crippen LogP) is 1.35. The molecule has 35 heavy (non-hydrogen) atoms. The van der Waals surface area contributed by atoms with Gasteiger partial charge in [-0.2, -0.15) is 8.42 Å². The number of ether oxygens (including phenoxy) is 1. The second-order valence-corrected chi connectivity index (χ2v) is 11.0. The van der Waals surface area contributed by atoms with Gasteiger partial charge in [0.15, 0.2) is 0 Å². The Hall–Kier alpha value is -2.54. The van der Waals surface area contributed by atoms with Crippen LogP contribution in [-0.2, 0) is 31.1 Å². The number of carbonyl (C=O) groups is 3. The van der Waals surface area contributed by atoms with Gasteiger partial charge >= 0.3 is 16.2 Å². The first kappa shape index (κ1) is 30.5. The van der Waals surface area contributed by atoms with Crippen LogP contribution in [0, 0.1) is 11.8 Å². The number of nitrogens with two attached hydrogens (primary N) is 1. The van der Waals surface area contributed by atoms with Gasteiger partial charge in [-0.15, -0.1) is 0 Å². The molecule has 1 aromatic rings. The van der Waals surface area contributed by atoms with E-state index in [1.54, 1.807) is 52.0 Å². The van der Waals surface area contributed by atoms with Crippen LogP contribution in [0.1, 0.15) is 53.0 Å². The zero-order chi connectivity index (χ0) is 27.0. The number of amides is 2. The second-order valence-electron chi connectivity index (χ2n) is 9.39. The van der Waals surface area contributed by atoms with E-state index in [0.717, 1.165) is 5.56 Å². The van der Waals surface area contributed by atoms with Crippen LogP contribution in [0.25, 0.3) is 0 Å². The van der Waals surface area contributed by atoms with Gasteiger partial charge in [0, 0.05) is 0 Å². The third-order valence-corrected chi connectivity index (χ3v) is 6.55. The van der Waals surface area contributed by atoms with E-state index in [4.69, 9.17) is 10.5 Å². The molecule has 0 aromatic heterocycles. The Morgan fingerprint density at radius 3 is 2.03 bits per heavy atom. The zero-order valence-corrected chi connectivity index (χ0v) is 21.5. The van der Waals surface area contributed by atoms with Crippen LogP contribution >= 0.6 is 0 Å². The van der Waals surface area contributed by atoms with Crippen LogP contribution in [0.2, 0.25) is 0 Å². The van der Waals surface area contributed by atoms with Crippen LogP contribution < -0.4 is 16.4 Å². The van der Waals surface area contributed by atoms with E-state index in [2.05, 4.69) is 10.6 Å². The Kier molecular flexibility index (Phi) is 11.3. The molecule has 0 fully saturated rings. The van der Waals surface area contributed by atoms with E-state index < -0.39 is 51.0 Å². The van der Waals surface area contributed by atoms with Crippen molar-refractivity contribution in [2.45, 2.75) is 77.1 Å². The van der Waals surface area contributed by atoms with Crippen LogP contribution in [-0.4, -0.2) is 58.9 Å². The second kappa shape index (κ2) is 13.0. The van der Waals surface area contributed by atoms with Crippen LogP contribution in [0.15, 0.2) is 30.3 Å². The summed E-state index contributed by atoms with van der Waals surface area (Å²) in [5, 5.41) is 15.5. The van der Waals surface area contributed by atoms with Crippen molar-refractivity contribution in [3.05, 3.63) is 35.9 Å². The van der Waals surface area contributed by atoms with E-state index in [0.29, 0.717) is 0 Å². The standard InChI is InChI=1S/C23H37N3O8S/c1-14(2)11-18(20(27)23(30,35(31,32)33)19(24)12-15(3)4)26-21(28)16(5)25-22(29)34-13-17-9-7-6-8-10-17/h6-10,14-16,18-19,30H,11-13,24H2,1-5H3,(H,25,29)(H,26,28)(H,31,32,33)/t16-,18-,19?,23?/m0/s1. The highest BCUT2D eigenvalue weighted by atomic mass is 32.2. The van der Waals surface area contributed by atoms with Crippen molar-refractivity contribution in [3.8, 4) is 0 Å². The zero-order valence-electron chi connectivity index (χ0n) is 20.7. The lowest BCUT2D eigenvalue weighted by Gasteiger charge is -2.34. The molecule has 12 heteroatoms. The number of ketones is 1. The highest BCUT2D eigenvalue weighted by Gasteiger charge is 2.55. The quantitative estimate of drug-likeness (QED) is 0.242. The van der Waals surface area contributed by atoms with Gasteiger partial charge in [-0.25, -0.2) is 4.79 Å². The molecule has 1 aromatic carbocycles. The molecule has 0 radical (unpaired) electrons. The number of hydrogen-bond donors (Lipinski definition) is 5. The molecule has 2 unspecified atom stereocenters. The number of carbonyl (C=O) groups excluding carboxylic acids is 3. The molecule has 11 nitrogen and oxygen atoms in total. The average Bonchev–Trinajstić information content (AvgIpc) is 2.75. The molecular formula is C23H37N3O8S. The Bertz CT molecular complexity index is 968. The van der Waals surface area contributed by atoms with E-state index >= 15 is 0 Å².